The Morgan fingerprint density at radius 1 is 1.07 bits per heavy atom. The van der Waals surface area contributed by atoms with Crippen LogP contribution in [0.3, 0.4) is 0 Å². The van der Waals surface area contributed by atoms with E-state index >= 15 is 0 Å². The van der Waals surface area contributed by atoms with Gasteiger partial charge in [0.25, 0.3) is 5.91 Å². The van der Waals surface area contributed by atoms with Gasteiger partial charge in [-0.15, -0.1) is 0 Å². The first-order valence-electron chi connectivity index (χ1n) is 16.4. The van der Waals surface area contributed by atoms with Gasteiger partial charge in [0.1, 0.15) is 5.75 Å². The third-order valence-electron chi connectivity index (χ3n) is 8.46. The van der Waals surface area contributed by atoms with Gasteiger partial charge < -0.3 is 40.3 Å². The second-order valence-corrected chi connectivity index (χ2v) is 12.9. The number of urea groups is 2. The van der Waals surface area contributed by atoms with Crippen molar-refractivity contribution < 1.29 is 29.0 Å². The number of fused-ring (bicyclic) bond motifs is 1. The lowest BCUT2D eigenvalue weighted by Gasteiger charge is -2.36. The van der Waals surface area contributed by atoms with Crippen LogP contribution >= 0.6 is 0 Å². The molecule has 1 aliphatic carbocycles. The van der Waals surface area contributed by atoms with E-state index in [0.29, 0.717) is 36.7 Å². The van der Waals surface area contributed by atoms with Crippen molar-refractivity contribution in [2.45, 2.75) is 116 Å². The van der Waals surface area contributed by atoms with Crippen LogP contribution in [-0.4, -0.2) is 96.6 Å². The summed E-state index contributed by atoms with van der Waals surface area (Å²) in [6.07, 6.45) is 7.36. The highest BCUT2D eigenvalue weighted by Gasteiger charge is 2.31. The third-order valence-corrected chi connectivity index (χ3v) is 8.46. The molecule has 1 saturated carbocycles. The summed E-state index contributed by atoms with van der Waals surface area (Å²) in [5, 5.41) is 19.0. The molecule has 0 saturated heterocycles. The van der Waals surface area contributed by atoms with E-state index in [1.165, 1.54) is 6.42 Å². The maximum Gasteiger partial charge on any atom is 0.319 e. The van der Waals surface area contributed by atoms with Crippen molar-refractivity contribution in [1.82, 2.24) is 20.4 Å². The van der Waals surface area contributed by atoms with Crippen molar-refractivity contribution >= 4 is 23.7 Å². The molecule has 2 aliphatic rings. The average Bonchev–Trinajstić information content (AvgIpc) is 2.98. The number of carbonyl (C=O) groups excluding carboxylic acids is 3. The summed E-state index contributed by atoms with van der Waals surface area (Å²) in [4.78, 5) is 43.0. The van der Waals surface area contributed by atoms with Crippen LogP contribution in [-0.2, 0) is 4.74 Å². The zero-order valence-electron chi connectivity index (χ0n) is 27.6. The lowest BCUT2D eigenvalue weighted by atomic mass is 9.96. The first-order valence-corrected chi connectivity index (χ1v) is 16.4. The molecule has 0 spiro atoms. The minimum absolute atomic E-state index is 0.00722. The number of rotatable bonds is 7. The number of aliphatic hydroxyl groups excluding tert-OH is 1. The predicted molar refractivity (Wildman–Crippen MR) is 172 cm³/mol. The minimum atomic E-state index is -0.489. The van der Waals surface area contributed by atoms with Gasteiger partial charge in [-0.3, -0.25) is 4.79 Å². The van der Waals surface area contributed by atoms with Crippen molar-refractivity contribution in [3.8, 4) is 5.75 Å². The van der Waals surface area contributed by atoms with Crippen LogP contribution in [0.5, 0.6) is 5.75 Å². The summed E-state index contributed by atoms with van der Waals surface area (Å²) in [6.45, 7) is 10.6. The average molecular weight is 618 g/mol. The Morgan fingerprint density at radius 3 is 2.45 bits per heavy atom. The number of likely N-dealkylation sites (N-methyl/N-ethyl adjacent to an activating group) is 1. The van der Waals surface area contributed by atoms with Gasteiger partial charge in [0.05, 0.1) is 30.4 Å². The van der Waals surface area contributed by atoms with Crippen LogP contribution in [0.25, 0.3) is 0 Å². The highest BCUT2D eigenvalue weighted by Crippen LogP contribution is 2.29. The standard InChI is InChI=1S/C33H55N5O6/c1-22(2)34-33(42)37(6)20-30-23(3)19-38(24(4)21-39)31(40)28-18-27(36-32(41)35-26-13-8-7-9-14-26)15-16-29(28)44-25(5)12-10-11-17-43-30/h15-16,18,22-26,30,39H,7-14,17,19-21H2,1-6H3,(H,34,42)(H2,35,36,41)/t23-,24-,25-,30-/m1/s1. The van der Waals surface area contributed by atoms with E-state index in [1.54, 1.807) is 42.0 Å². The van der Waals surface area contributed by atoms with E-state index in [0.717, 1.165) is 44.9 Å². The second kappa shape index (κ2) is 17.4. The van der Waals surface area contributed by atoms with Gasteiger partial charge in [-0.05, 0) is 78.0 Å². The zero-order valence-corrected chi connectivity index (χ0v) is 27.6. The van der Waals surface area contributed by atoms with E-state index in [4.69, 9.17) is 9.47 Å². The highest BCUT2D eigenvalue weighted by atomic mass is 16.5. The van der Waals surface area contributed by atoms with Crippen molar-refractivity contribution in [2.24, 2.45) is 5.92 Å². The Labute approximate surface area is 263 Å². The number of hydrogen-bond acceptors (Lipinski definition) is 6. The van der Waals surface area contributed by atoms with Crippen LogP contribution in [0.4, 0.5) is 15.3 Å². The molecule has 0 aromatic heterocycles. The molecule has 5 amide bonds. The molecule has 1 fully saturated rings. The molecule has 1 aromatic rings. The van der Waals surface area contributed by atoms with Crippen molar-refractivity contribution in [3.05, 3.63) is 23.8 Å². The number of nitrogens with one attached hydrogen (secondary N) is 3. The zero-order chi connectivity index (χ0) is 32.2. The third kappa shape index (κ3) is 10.8. The quantitative estimate of drug-likeness (QED) is 0.341. The molecule has 4 atom stereocenters. The number of amides is 5. The predicted octanol–water partition coefficient (Wildman–Crippen LogP) is 4.99. The molecule has 0 bridgehead atoms. The van der Waals surface area contributed by atoms with Crippen molar-refractivity contribution in [2.75, 3.05) is 38.7 Å². The number of aliphatic hydroxyl groups is 1. The van der Waals surface area contributed by atoms with Gasteiger partial charge >= 0.3 is 12.1 Å². The van der Waals surface area contributed by atoms with Crippen LogP contribution in [0.2, 0.25) is 0 Å². The summed E-state index contributed by atoms with van der Waals surface area (Å²) in [5.74, 6) is -0.0202. The normalized spacial score (nSPS) is 23.1. The van der Waals surface area contributed by atoms with E-state index < -0.39 is 6.04 Å². The second-order valence-electron chi connectivity index (χ2n) is 12.9. The highest BCUT2D eigenvalue weighted by molar-refractivity contribution is 5.99. The minimum Gasteiger partial charge on any atom is -0.490 e. The molecular formula is C33H55N5O6. The molecular weight excluding hydrogens is 562 g/mol. The fourth-order valence-corrected chi connectivity index (χ4v) is 5.77. The maximum atomic E-state index is 14.3. The topological polar surface area (TPSA) is 132 Å². The molecule has 0 unspecified atom stereocenters. The first-order chi connectivity index (χ1) is 21.0. The largest absolute Gasteiger partial charge is 0.490 e. The molecule has 4 N–H and O–H groups in total. The van der Waals surface area contributed by atoms with Crippen LogP contribution < -0.4 is 20.7 Å². The molecule has 1 aliphatic heterocycles. The fourth-order valence-electron chi connectivity index (χ4n) is 5.77. The molecule has 248 valence electrons. The fraction of sp³-hybridized carbons (Fsp3) is 0.727. The lowest BCUT2D eigenvalue weighted by Crippen LogP contribution is -2.49. The molecule has 0 radical (unpaired) electrons. The van der Waals surface area contributed by atoms with Gasteiger partial charge in [-0.25, -0.2) is 9.59 Å². The molecule has 1 aromatic carbocycles. The number of benzene rings is 1. The molecule has 1 heterocycles. The first kappa shape index (κ1) is 35.4. The van der Waals surface area contributed by atoms with E-state index in [1.807, 2.05) is 27.7 Å². The maximum absolute atomic E-state index is 14.3. The van der Waals surface area contributed by atoms with Gasteiger partial charge in [0.2, 0.25) is 0 Å². The van der Waals surface area contributed by atoms with Crippen molar-refractivity contribution in [1.29, 1.82) is 0 Å². The monoisotopic (exact) mass is 617 g/mol. The van der Waals surface area contributed by atoms with Gasteiger partial charge in [-0.1, -0.05) is 26.2 Å². The van der Waals surface area contributed by atoms with Gasteiger partial charge in [0.15, 0.2) is 0 Å². The Balaban J connectivity index is 1.88. The molecule has 11 nitrogen and oxygen atoms in total. The number of carbonyl (C=O) groups is 3. The summed E-state index contributed by atoms with van der Waals surface area (Å²) >= 11 is 0. The summed E-state index contributed by atoms with van der Waals surface area (Å²) in [6, 6.07) is 4.36. The van der Waals surface area contributed by atoms with E-state index in [9.17, 15) is 19.5 Å². The van der Waals surface area contributed by atoms with Gasteiger partial charge in [-0.2, -0.15) is 0 Å². The smallest absolute Gasteiger partial charge is 0.319 e. The van der Waals surface area contributed by atoms with Crippen LogP contribution in [0.1, 0.15) is 96.3 Å². The number of anilines is 1. The van der Waals surface area contributed by atoms with Crippen LogP contribution in [0, 0.1) is 5.92 Å². The number of nitrogens with zero attached hydrogens (tertiary/aromatic N) is 2. The molecule has 3 rings (SSSR count). The Bertz CT molecular complexity index is 1080. The number of hydrogen-bond donors (Lipinski definition) is 4. The van der Waals surface area contributed by atoms with E-state index in [2.05, 4.69) is 16.0 Å². The summed E-state index contributed by atoms with van der Waals surface area (Å²) < 4.78 is 12.6. The molecule has 11 heteroatoms. The van der Waals surface area contributed by atoms with Gasteiger partial charge in [0, 0.05) is 50.4 Å². The number of ether oxygens (including phenoxy) is 2. The lowest BCUT2D eigenvalue weighted by molar-refractivity contribution is -0.0122. The van der Waals surface area contributed by atoms with Crippen LogP contribution in [0.15, 0.2) is 18.2 Å². The SMILES string of the molecule is CC(C)NC(=O)N(C)C[C@H]1OCCCC[C@@H](C)Oc2ccc(NC(=O)NC3CCCCC3)cc2C(=O)N([C@H](C)CO)C[C@H]1C. The Kier molecular flexibility index (Phi) is 14.0. The molecule has 44 heavy (non-hydrogen) atoms. The summed E-state index contributed by atoms with van der Waals surface area (Å²) in [5.41, 5.74) is 0.814. The Hall–Kier alpha value is -3.05. The van der Waals surface area contributed by atoms with Crippen molar-refractivity contribution in [3.63, 3.8) is 0 Å². The van der Waals surface area contributed by atoms with E-state index in [-0.39, 0.29) is 54.8 Å². The summed E-state index contributed by atoms with van der Waals surface area (Å²) in [7, 11) is 1.74. The Morgan fingerprint density at radius 2 is 1.77 bits per heavy atom.